The zero-order valence-electron chi connectivity index (χ0n) is 21.7. The molecule has 0 radical (unpaired) electrons. The highest BCUT2D eigenvalue weighted by Crippen LogP contribution is 2.35. The van der Waals surface area contributed by atoms with Gasteiger partial charge in [0.25, 0.3) is 5.91 Å². The van der Waals surface area contributed by atoms with Gasteiger partial charge in [0, 0.05) is 24.7 Å². The van der Waals surface area contributed by atoms with Crippen LogP contribution in [0.25, 0.3) is 0 Å². The van der Waals surface area contributed by atoms with Gasteiger partial charge in [0.15, 0.2) is 0 Å². The molecule has 0 saturated heterocycles. The van der Waals surface area contributed by atoms with Crippen molar-refractivity contribution in [1.82, 2.24) is 5.32 Å². The summed E-state index contributed by atoms with van der Waals surface area (Å²) in [6.45, 7) is 8.29. The molecule has 0 aliphatic rings. The van der Waals surface area contributed by atoms with Gasteiger partial charge in [-0.3, -0.25) is 9.59 Å². The summed E-state index contributed by atoms with van der Waals surface area (Å²) in [5, 5.41) is 15.0. The number of rotatable bonds is 11. The van der Waals surface area contributed by atoms with E-state index < -0.39 is 5.97 Å². The number of carboxylic acid groups (broad SMARTS) is 1. The standard InChI is InChI=1S/C28H38N2O5/c1-7-8-9-10-18(21-13-11-20(27(33)34)16-24(21)35-6)17-25(31)30-23-15-19(26(32)29-5)12-14-22(23)28(2,3)4/h11-16,18H,7-10,17H2,1-6H3,(H,29,32)(H,30,31)(H,33,34). The van der Waals surface area contributed by atoms with Crippen LogP contribution in [0.5, 0.6) is 5.75 Å². The lowest BCUT2D eigenvalue weighted by Gasteiger charge is -2.25. The fourth-order valence-electron chi connectivity index (χ4n) is 4.20. The number of hydrogen-bond donors (Lipinski definition) is 3. The van der Waals surface area contributed by atoms with Crippen molar-refractivity contribution >= 4 is 23.5 Å². The van der Waals surface area contributed by atoms with Gasteiger partial charge in [0.2, 0.25) is 5.91 Å². The summed E-state index contributed by atoms with van der Waals surface area (Å²) in [5.41, 5.74) is 2.75. The topological polar surface area (TPSA) is 105 Å². The molecule has 0 bridgehead atoms. The van der Waals surface area contributed by atoms with Gasteiger partial charge in [0.1, 0.15) is 5.75 Å². The van der Waals surface area contributed by atoms with Gasteiger partial charge in [-0.15, -0.1) is 0 Å². The number of carbonyl (C=O) groups excluding carboxylic acids is 2. The van der Waals surface area contributed by atoms with E-state index in [4.69, 9.17) is 4.74 Å². The maximum absolute atomic E-state index is 13.3. The molecule has 0 saturated carbocycles. The van der Waals surface area contributed by atoms with Gasteiger partial charge in [-0.2, -0.15) is 0 Å². The lowest BCUT2D eigenvalue weighted by atomic mass is 9.84. The molecular formula is C28H38N2O5. The van der Waals surface area contributed by atoms with Crippen LogP contribution in [0.2, 0.25) is 0 Å². The Bertz CT molecular complexity index is 1060. The summed E-state index contributed by atoms with van der Waals surface area (Å²) in [6, 6.07) is 10.2. The Hall–Kier alpha value is -3.35. The molecule has 2 amide bonds. The molecule has 0 heterocycles. The molecule has 0 fully saturated rings. The Morgan fingerprint density at radius 2 is 1.71 bits per heavy atom. The number of anilines is 1. The van der Waals surface area contributed by atoms with Crippen molar-refractivity contribution < 1.29 is 24.2 Å². The minimum atomic E-state index is -1.03. The smallest absolute Gasteiger partial charge is 0.335 e. The van der Waals surface area contributed by atoms with Crippen LogP contribution in [0, 0.1) is 0 Å². The van der Waals surface area contributed by atoms with E-state index in [1.807, 2.05) is 6.07 Å². The quantitative estimate of drug-likeness (QED) is 0.354. The third-order valence-corrected chi connectivity index (χ3v) is 6.10. The Kier molecular flexibility index (Phi) is 9.87. The molecule has 0 aliphatic carbocycles. The number of hydrogen-bond acceptors (Lipinski definition) is 4. The number of methoxy groups -OCH3 is 1. The molecule has 2 aromatic rings. The Morgan fingerprint density at radius 3 is 2.29 bits per heavy atom. The number of nitrogens with one attached hydrogen (secondary N) is 2. The predicted molar refractivity (Wildman–Crippen MR) is 139 cm³/mol. The van der Waals surface area contributed by atoms with Crippen molar-refractivity contribution in [2.45, 2.75) is 71.1 Å². The lowest BCUT2D eigenvalue weighted by molar-refractivity contribution is -0.116. The molecule has 0 spiro atoms. The summed E-state index contributed by atoms with van der Waals surface area (Å²) in [6.07, 6.45) is 4.01. The fourth-order valence-corrected chi connectivity index (χ4v) is 4.20. The van der Waals surface area contributed by atoms with E-state index >= 15 is 0 Å². The van der Waals surface area contributed by atoms with Crippen molar-refractivity contribution in [3.63, 3.8) is 0 Å². The summed E-state index contributed by atoms with van der Waals surface area (Å²) in [4.78, 5) is 36.9. The normalized spacial score (nSPS) is 12.1. The number of benzene rings is 2. The molecule has 1 unspecified atom stereocenters. The third-order valence-electron chi connectivity index (χ3n) is 6.10. The van der Waals surface area contributed by atoms with E-state index in [1.165, 1.54) is 13.2 Å². The van der Waals surface area contributed by atoms with Crippen molar-refractivity contribution in [1.29, 1.82) is 0 Å². The van der Waals surface area contributed by atoms with Crippen molar-refractivity contribution in [3.8, 4) is 5.75 Å². The van der Waals surface area contributed by atoms with Crippen LogP contribution in [0.15, 0.2) is 36.4 Å². The first kappa shape index (κ1) is 27.9. The second-order valence-corrected chi connectivity index (χ2v) is 9.80. The predicted octanol–water partition coefficient (Wildman–Crippen LogP) is 5.74. The van der Waals surface area contributed by atoms with Crippen molar-refractivity contribution in [2.75, 3.05) is 19.5 Å². The molecule has 2 aromatic carbocycles. The Labute approximate surface area is 208 Å². The number of aromatic carboxylic acids is 1. The number of ether oxygens (including phenoxy) is 1. The Morgan fingerprint density at radius 1 is 1.03 bits per heavy atom. The third kappa shape index (κ3) is 7.57. The average molecular weight is 483 g/mol. The first-order valence-corrected chi connectivity index (χ1v) is 12.1. The molecule has 3 N–H and O–H groups in total. The zero-order valence-corrected chi connectivity index (χ0v) is 21.7. The molecular weight excluding hydrogens is 444 g/mol. The van der Waals surface area contributed by atoms with Crippen LogP contribution >= 0.6 is 0 Å². The second-order valence-electron chi connectivity index (χ2n) is 9.80. The molecule has 35 heavy (non-hydrogen) atoms. The lowest BCUT2D eigenvalue weighted by Crippen LogP contribution is -2.23. The molecule has 7 heteroatoms. The fraction of sp³-hybridized carbons (Fsp3) is 0.464. The van der Waals surface area contributed by atoms with E-state index in [2.05, 4.69) is 38.3 Å². The van der Waals surface area contributed by atoms with Crippen LogP contribution in [0.3, 0.4) is 0 Å². The minimum absolute atomic E-state index is 0.139. The largest absolute Gasteiger partial charge is 0.496 e. The molecule has 1 atom stereocenters. The SMILES string of the molecule is CCCCCC(CC(=O)Nc1cc(C(=O)NC)ccc1C(C)(C)C)c1ccc(C(=O)O)cc1OC. The van der Waals surface area contributed by atoms with Gasteiger partial charge in [-0.1, -0.05) is 59.1 Å². The van der Waals surface area contributed by atoms with E-state index in [1.54, 1.807) is 31.3 Å². The van der Waals surface area contributed by atoms with E-state index in [0.717, 1.165) is 36.8 Å². The van der Waals surface area contributed by atoms with Gasteiger partial charge in [-0.05, 0) is 53.1 Å². The summed E-state index contributed by atoms with van der Waals surface area (Å²) in [7, 11) is 3.08. The number of unbranched alkanes of at least 4 members (excludes halogenated alkanes) is 2. The average Bonchev–Trinajstić information content (AvgIpc) is 2.81. The van der Waals surface area contributed by atoms with Crippen molar-refractivity contribution in [2.24, 2.45) is 0 Å². The number of carboxylic acids is 1. The highest BCUT2D eigenvalue weighted by Gasteiger charge is 2.24. The maximum atomic E-state index is 13.3. The van der Waals surface area contributed by atoms with Crippen LogP contribution in [0.1, 0.15) is 97.6 Å². The van der Waals surface area contributed by atoms with Gasteiger partial charge < -0.3 is 20.5 Å². The van der Waals surface area contributed by atoms with Gasteiger partial charge >= 0.3 is 5.97 Å². The van der Waals surface area contributed by atoms with Crippen LogP contribution in [0.4, 0.5) is 5.69 Å². The van der Waals surface area contributed by atoms with Gasteiger partial charge in [-0.25, -0.2) is 4.79 Å². The summed E-state index contributed by atoms with van der Waals surface area (Å²) >= 11 is 0. The van der Waals surface area contributed by atoms with Crippen LogP contribution in [-0.4, -0.2) is 37.0 Å². The highest BCUT2D eigenvalue weighted by molar-refractivity contribution is 5.98. The molecule has 0 aromatic heterocycles. The number of amides is 2. The molecule has 0 aliphatic heterocycles. The molecule has 7 nitrogen and oxygen atoms in total. The van der Waals surface area contributed by atoms with E-state index in [0.29, 0.717) is 17.0 Å². The van der Waals surface area contributed by atoms with Crippen LogP contribution in [-0.2, 0) is 10.2 Å². The molecule has 190 valence electrons. The second kappa shape index (κ2) is 12.4. The van der Waals surface area contributed by atoms with Gasteiger partial charge in [0.05, 0.1) is 12.7 Å². The zero-order chi connectivity index (χ0) is 26.2. The van der Waals surface area contributed by atoms with E-state index in [-0.39, 0.29) is 35.1 Å². The first-order chi connectivity index (χ1) is 16.5. The molecule has 2 rings (SSSR count). The summed E-state index contributed by atoms with van der Waals surface area (Å²) < 4.78 is 5.50. The van der Waals surface area contributed by atoms with Crippen LogP contribution < -0.4 is 15.4 Å². The highest BCUT2D eigenvalue weighted by atomic mass is 16.5. The monoisotopic (exact) mass is 482 g/mol. The summed E-state index contributed by atoms with van der Waals surface area (Å²) in [5.74, 6) is -1.09. The van der Waals surface area contributed by atoms with Crippen molar-refractivity contribution in [3.05, 3.63) is 58.7 Å². The minimum Gasteiger partial charge on any atom is -0.496 e. The Balaban J connectivity index is 2.38. The number of carbonyl (C=O) groups is 3. The first-order valence-electron chi connectivity index (χ1n) is 12.1. The van der Waals surface area contributed by atoms with E-state index in [9.17, 15) is 19.5 Å². The maximum Gasteiger partial charge on any atom is 0.335 e.